The highest BCUT2D eigenvalue weighted by Gasteiger charge is 2.09. The number of esters is 1. The second-order valence-electron chi connectivity index (χ2n) is 3.53. The molecule has 0 aliphatic carbocycles. The number of nitrogens with zero attached hydrogens (tertiary/aromatic N) is 1. The van der Waals surface area contributed by atoms with Crippen molar-refractivity contribution in [1.29, 1.82) is 0 Å². The molecule has 0 fully saturated rings. The molecule has 0 atom stereocenters. The molecule has 0 bridgehead atoms. The molecule has 0 saturated carbocycles. The van der Waals surface area contributed by atoms with E-state index in [-0.39, 0.29) is 5.97 Å². The van der Waals surface area contributed by atoms with Gasteiger partial charge < -0.3 is 9.47 Å². The number of hydrogen-bond donors (Lipinski definition) is 0. The van der Waals surface area contributed by atoms with Crippen LogP contribution in [0.3, 0.4) is 0 Å². The molecule has 0 aromatic heterocycles. The molecule has 0 aromatic rings. The van der Waals surface area contributed by atoms with Gasteiger partial charge in [-0.2, -0.15) is 0 Å². The molecule has 0 radical (unpaired) electrons. The van der Waals surface area contributed by atoms with Crippen molar-refractivity contribution in [3.8, 4) is 0 Å². The third-order valence-corrected chi connectivity index (χ3v) is 2.12. The van der Waals surface area contributed by atoms with Crippen molar-refractivity contribution in [2.45, 2.75) is 19.8 Å². The minimum absolute atomic E-state index is 0.170. The zero-order valence-electron chi connectivity index (χ0n) is 10.4. The van der Waals surface area contributed by atoms with Crippen LogP contribution in [0.1, 0.15) is 19.8 Å². The van der Waals surface area contributed by atoms with Crippen LogP contribution >= 0.6 is 0 Å². The summed E-state index contributed by atoms with van der Waals surface area (Å²) >= 11 is 0. The van der Waals surface area contributed by atoms with Gasteiger partial charge in [0, 0.05) is 20.3 Å². The Morgan fingerprint density at radius 2 is 2.19 bits per heavy atom. The van der Waals surface area contributed by atoms with Crippen molar-refractivity contribution in [3.05, 3.63) is 12.7 Å². The van der Waals surface area contributed by atoms with Gasteiger partial charge in [0.25, 0.3) is 0 Å². The maximum Gasteiger partial charge on any atom is 0.320 e. The third-order valence-electron chi connectivity index (χ3n) is 2.12. The lowest BCUT2D eigenvalue weighted by Gasteiger charge is -2.19. The second-order valence-corrected chi connectivity index (χ2v) is 3.53. The lowest BCUT2D eigenvalue weighted by molar-refractivity contribution is -0.144. The van der Waals surface area contributed by atoms with E-state index in [1.807, 2.05) is 11.8 Å². The van der Waals surface area contributed by atoms with Gasteiger partial charge in [0.15, 0.2) is 0 Å². The molecule has 0 heterocycles. The van der Waals surface area contributed by atoms with Crippen LogP contribution in [0, 0.1) is 0 Å². The van der Waals surface area contributed by atoms with Gasteiger partial charge in [-0.25, -0.2) is 0 Å². The van der Waals surface area contributed by atoms with Gasteiger partial charge in [-0.15, -0.1) is 6.58 Å². The van der Waals surface area contributed by atoms with Crippen molar-refractivity contribution in [1.82, 2.24) is 4.90 Å². The van der Waals surface area contributed by atoms with Crippen LogP contribution in [-0.2, 0) is 14.3 Å². The van der Waals surface area contributed by atoms with Crippen LogP contribution in [0.4, 0.5) is 0 Å². The molecule has 0 spiro atoms. The van der Waals surface area contributed by atoms with Gasteiger partial charge in [-0.1, -0.05) is 6.08 Å². The van der Waals surface area contributed by atoms with Crippen LogP contribution in [0.2, 0.25) is 0 Å². The molecular weight excluding hydrogens is 206 g/mol. The molecule has 4 nitrogen and oxygen atoms in total. The molecular formula is C12H23NO3. The van der Waals surface area contributed by atoms with Crippen molar-refractivity contribution in [3.63, 3.8) is 0 Å². The average Bonchev–Trinajstić information content (AvgIpc) is 2.25. The number of unbranched alkanes of at least 4 members (excludes halogenated alkanes) is 1. The van der Waals surface area contributed by atoms with Crippen LogP contribution in [0.25, 0.3) is 0 Å². The van der Waals surface area contributed by atoms with E-state index in [0.29, 0.717) is 19.7 Å². The van der Waals surface area contributed by atoms with Gasteiger partial charge in [0.1, 0.15) is 0 Å². The Labute approximate surface area is 98.2 Å². The fourth-order valence-corrected chi connectivity index (χ4v) is 1.39. The third kappa shape index (κ3) is 8.44. The zero-order chi connectivity index (χ0) is 12.2. The highest BCUT2D eigenvalue weighted by molar-refractivity contribution is 5.71. The van der Waals surface area contributed by atoms with E-state index in [4.69, 9.17) is 9.47 Å². The molecule has 0 rings (SSSR count). The van der Waals surface area contributed by atoms with Crippen LogP contribution < -0.4 is 0 Å². The summed E-state index contributed by atoms with van der Waals surface area (Å²) in [4.78, 5) is 13.3. The van der Waals surface area contributed by atoms with E-state index in [1.165, 1.54) is 0 Å². The summed E-state index contributed by atoms with van der Waals surface area (Å²) in [6, 6.07) is 0. The Morgan fingerprint density at radius 3 is 2.75 bits per heavy atom. The molecule has 0 aliphatic rings. The fraction of sp³-hybridized carbons (Fsp3) is 0.750. The van der Waals surface area contributed by atoms with Gasteiger partial charge in [-0.3, -0.25) is 9.69 Å². The molecule has 94 valence electrons. The summed E-state index contributed by atoms with van der Waals surface area (Å²) in [5, 5.41) is 0. The van der Waals surface area contributed by atoms with Gasteiger partial charge >= 0.3 is 5.97 Å². The molecule has 0 amide bonds. The van der Waals surface area contributed by atoms with Crippen molar-refractivity contribution in [2.75, 3.05) is 40.0 Å². The maximum absolute atomic E-state index is 11.3. The number of hydrogen-bond acceptors (Lipinski definition) is 4. The average molecular weight is 229 g/mol. The number of carbonyl (C=O) groups is 1. The maximum atomic E-state index is 11.3. The summed E-state index contributed by atoms with van der Waals surface area (Å²) in [7, 11) is 1.69. The number of methoxy groups -OCH3 is 1. The SMILES string of the molecule is C=CCN(CCCCOC)CC(=O)OCC. The Hall–Kier alpha value is -0.870. The van der Waals surface area contributed by atoms with Gasteiger partial charge in [0.2, 0.25) is 0 Å². The summed E-state index contributed by atoms with van der Waals surface area (Å²) in [6.07, 6.45) is 3.82. The number of rotatable bonds is 10. The summed E-state index contributed by atoms with van der Waals surface area (Å²) in [5.74, 6) is -0.170. The van der Waals surface area contributed by atoms with Gasteiger partial charge in [-0.05, 0) is 26.3 Å². The monoisotopic (exact) mass is 229 g/mol. The van der Waals surface area contributed by atoms with E-state index >= 15 is 0 Å². The normalized spacial score (nSPS) is 10.4. The Balaban J connectivity index is 3.77. The van der Waals surface area contributed by atoms with Crippen LogP contribution in [0.5, 0.6) is 0 Å². The standard InChI is InChI=1S/C12H23NO3/c1-4-8-13(9-6-7-10-15-3)11-12(14)16-5-2/h4H,1,5-11H2,2-3H3. The molecule has 0 N–H and O–H groups in total. The quantitative estimate of drug-likeness (QED) is 0.323. The van der Waals surface area contributed by atoms with Gasteiger partial charge in [0.05, 0.1) is 13.2 Å². The molecule has 0 aliphatic heterocycles. The topological polar surface area (TPSA) is 38.8 Å². The van der Waals surface area contributed by atoms with Crippen molar-refractivity contribution < 1.29 is 14.3 Å². The Kier molecular flexibility index (Phi) is 10.1. The smallest absolute Gasteiger partial charge is 0.320 e. The molecule has 4 heteroatoms. The number of carbonyl (C=O) groups excluding carboxylic acids is 1. The van der Waals surface area contributed by atoms with E-state index in [9.17, 15) is 4.79 Å². The first-order valence-electron chi connectivity index (χ1n) is 5.72. The predicted octanol–water partition coefficient (Wildman–Crippen LogP) is 1.46. The van der Waals surface area contributed by atoms with Crippen LogP contribution in [0.15, 0.2) is 12.7 Å². The molecule has 16 heavy (non-hydrogen) atoms. The highest BCUT2D eigenvalue weighted by atomic mass is 16.5. The lowest BCUT2D eigenvalue weighted by atomic mass is 10.3. The predicted molar refractivity (Wildman–Crippen MR) is 64.4 cm³/mol. The van der Waals surface area contributed by atoms with Crippen LogP contribution in [-0.4, -0.2) is 50.8 Å². The first kappa shape index (κ1) is 15.1. The van der Waals surface area contributed by atoms with E-state index in [1.54, 1.807) is 13.2 Å². The molecule has 0 saturated heterocycles. The summed E-state index contributed by atoms with van der Waals surface area (Å²) in [5.41, 5.74) is 0. The summed E-state index contributed by atoms with van der Waals surface area (Å²) < 4.78 is 9.88. The first-order chi connectivity index (χ1) is 7.74. The van der Waals surface area contributed by atoms with Crippen molar-refractivity contribution in [2.24, 2.45) is 0 Å². The minimum atomic E-state index is -0.170. The summed E-state index contributed by atoms with van der Waals surface area (Å²) in [6.45, 7) is 8.62. The van der Waals surface area contributed by atoms with Crippen molar-refractivity contribution >= 4 is 5.97 Å². The fourth-order valence-electron chi connectivity index (χ4n) is 1.39. The van der Waals surface area contributed by atoms with E-state index in [2.05, 4.69) is 6.58 Å². The minimum Gasteiger partial charge on any atom is -0.465 e. The molecule has 0 unspecified atom stereocenters. The largest absolute Gasteiger partial charge is 0.465 e. The lowest BCUT2D eigenvalue weighted by Crippen LogP contribution is -2.32. The second kappa shape index (κ2) is 10.6. The number of ether oxygens (including phenoxy) is 2. The Bertz CT molecular complexity index is 195. The Morgan fingerprint density at radius 1 is 1.44 bits per heavy atom. The van der Waals surface area contributed by atoms with E-state index < -0.39 is 0 Å². The van der Waals surface area contributed by atoms with E-state index in [0.717, 1.165) is 26.0 Å². The first-order valence-corrected chi connectivity index (χ1v) is 5.72. The highest BCUT2D eigenvalue weighted by Crippen LogP contribution is 1.97. The zero-order valence-corrected chi connectivity index (χ0v) is 10.4. The molecule has 0 aromatic carbocycles.